The number of aromatic nitrogens is 1. The normalized spacial score (nSPS) is 11.4. The van der Waals surface area contributed by atoms with Gasteiger partial charge in [0.05, 0.1) is 6.42 Å². The number of carbonyl (C=O) groups is 3. The fourth-order valence-electron chi connectivity index (χ4n) is 1.43. The highest BCUT2D eigenvalue weighted by Gasteiger charge is 2.22. The Hall–Kier alpha value is -2.64. The molecule has 8 nitrogen and oxygen atoms in total. The van der Waals surface area contributed by atoms with Crippen LogP contribution in [0.25, 0.3) is 0 Å². The van der Waals surface area contributed by atoms with E-state index in [0.29, 0.717) is 6.42 Å². The van der Waals surface area contributed by atoms with Gasteiger partial charge in [0.25, 0.3) is 0 Å². The molecule has 0 aromatic carbocycles. The standard InChI is InChI=1S/C12H15N3O5/c16-10(17)7-9(11(18)19)15-12(20)14-6-4-8-3-1-2-5-13-8/h1-3,5,9H,4,6-7H2,(H,16,17)(H,18,19)(H2,14,15,20). The van der Waals surface area contributed by atoms with Crippen molar-refractivity contribution in [1.82, 2.24) is 15.6 Å². The molecule has 20 heavy (non-hydrogen) atoms. The van der Waals surface area contributed by atoms with Crippen LogP contribution in [0.1, 0.15) is 12.1 Å². The van der Waals surface area contributed by atoms with Crippen molar-refractivity contribution in [2.45, 2.75) is 18.9 Å². The molecule has 1 aromatic rings. The molecule has 108 valence electrons. The number of nitrogens with one attached hydrogen (secondary N) is 2. The van der Waals surface area contributed by atoms with Crippen LogP contribution in [-0.4, -0.2) is 45.8 Å². The number of amides is 2. The van der Waals surface area contributed by atoms with Crippen LogP contribution in [0.4, 0.5) is 4.79 Å². The molecule has 1 heterocycles. The summed E-state index contributed by atoms with van der Waals surface area (Å²) in [4.78, 5) is 36.7. The Labute approximate surface area is 114 Å². The molecule has 8 heteroatoms. The number of pyridine rings is 1. The van der Waals surface area contributed by atoms with Gasteiger partial charge in [-0.15, -0.1) is 0 Å². The molecule has 4 N–H and O–H groups in total. The number of nitrogens with zero attached hydrogens (tertiary/aromatic N) is 1. The Kier molecular flexibility index (Phi) is 5.95. The van der Waals surface area contributed by atoms with E-state index in [2.05, 4.69) is 15.6 Å². The largest absolute Gasteiger partial charge is 0.481 e. The van der Waals surface area contributed by atoms with Crippen LogP contribution in [0.5, 0.6) is 0 Å². The number of aliphatic carboxylic acids is 2. The van der Waals surface area contributed by atoms with Gasteiger partial charge in [-0.05, 0) is 12.1 Å². The lowest BCUT2D eigenvalue weighted by atomic mass is 10.2. The van der Waals surface area contributed by atoms with Crippen molar-refractivity contribution in [3.8, 4) is 0 Å². The SMILES string of the molecule is O=C(O)CC(NC(=O)NCCc1ccccn1)C(=O)O. The molecule has 1 atom stereocenters. The summed E-state index contributed by atoms with van der Waals surface area (Å²) in [5.41, 5.74) is 0.785. The van der Waals surface area contributed by atoms with Gasteiger partial charge in [-0.1, -0.05) is 6.07 Å². The fraction of sp³-hybridized carbons (Fsp3) is 0.333. The lowest BCUT2D eigenvalue weighted by Gasteiger charge is -2.13. The van der Waals surface area contributed by atoms with Crippen LogP contribution in [0, 0.1) is 0 Å². The summed E-state index contributed by atoms with van der Waals surface area (Å²) in [7, 11) is 0. The van der Waals surface area contributed by atoms with Crippen LogP contribution in [0.2, 0.25) is 0 Å². The summed E-state index contributed by atoms with van der Waals surface area (Å²) in [6.45, 7) is 0.266. The van der Waals surface area contributed by atoms with Crippen LogP contribution < -0.4 is 10.6 Å². The first kappa shape index (κ1) is 15.4. The molecule has 0 bridgehead atoms. The smallest absolute Gasteiger partial charge is 0.326 e. The van der Waals surface area contributed by atoms with E-state index in [9.17, 15) is 14.4 Å². The van der Waals surface area contributed by atoms with Crippen molar-refractivity contribution in [2.24, 2.45) is 0 Å². The Morgan fingerprint density at radius 1 is 1.25 bits per heavy atom. The Morgan fingerprint density at radius 3 is 2.55 bits per heavy atom. The molecule has 0 spiro atoms. The molecular weight excluding hydrogens is 266 g/mol. The van der Waals surface area contributed by atoms with E-state index in [1.165, 1.54) is 0 Å². The van der Waals surface area contributed by atoms with Crippen molar-refractivity contribution >= 4 is 18.0 Å². The Balaban J connectivity index is 2.35. The Morgan fingerprint density at radius 2 is 2.00 bits per heavy atom. The second-order valence-corrected chi connectivity index (χ2v) is 3.96. The summed E-state index contributed by atoms with van der Waals surface area (Å²) >= 11 is 0. The third kappa shape index (κ3) is 5.80. The first-order valence-electron chi connectivity index (χ1n) is 5.88. The number of hydrogen-bond donors (Lipinski definition) is 4. The average Bonchev–Trinajstić information content (AvgIpc) is 2.38. The molecule has 1 rings (SSSR count). The molecule has 2 amide bonds. The van der Waals surface area contributed by atoms with Gasteiger partial charge in [-0.2, -0.15) is 0 Å². The summed E-state index contributed by atoms with van der Waals surface area (Å²) in [6, 6.07) is 3.20. The number of carboxylic acids is 2. The monoisotopic (exact) mass is 281 g/mol. The number of carbonyl (C=O) groups excluding carboxylic acids is 1. The van der Waals surface area contributed by atoms with Crippen LogP contribution in [0.15, 0.2) is 24.4 Å². The van der Waals surface area contributed by atoms with Crippen molar-refractivity contribution in [2.75, 3.05) is 6.54 Å². The molecular formula is C12H15N3O5. The third-order valence-electron chi connectivity index (χ3n) is 2.38. The second-order valence-electron chi connectivity index (χ2n) is 3.96. The maximum absolute atomic E-state index is 11.4. The quantitative estimate of drug-likeness (QED) is 0.550. The van der Waals surface area contributed by atoms with E-state index in [1.807, 2.05) is 6.07 Å². The highest BCUT2D eigenvalue weighted by atomic mass is 16.4. The lowest BCUT2D eigenvalue weighted by molar-refractivity contribution is -0.145. The van der Waals surface area contributed by atoms with Crippen molar-refractivity contribution in [1.29, 1.82) is 0 Å². The van der Waals surface area contributed by atoms with E-state index in [-0.39, 0.29) is 6.54 Å². The summed E-state index contributed by atoms with van der Waals surface area (Å²) in [5.74, 6) is -2.70. The van der Waals surface area contributed by atoms with E-state index >= 15 is 0 Å². The molecule has 0 saturated carbocycles. The Bertz CT molecular complexity index is 477. The third-order valence-corrected chi connectivity index (χ3v) is 2.38. The summed E-state index contributed by atoms with van der Waals surface area (Å²) in [5, 5.41) is 21.8. The maximum Gasteiger partial charge on any atom is 0.326 e. The number of urea groups is 1. The number of hydrogen-bond acceptors (Lipinski definition) is 4. The average molecular weight is 281 g/mol. The van der Waals surface area contributed by atoms with Crippen molar-refractivity contribution in [3.05, 3.63) is 30.1 Å². The maximum atomic E-state index is 11.4. The van der Waals surface area contributed by atoms with E-state index in [0.717, 1.165) is 5.69 Å². The van der Waals surface area contributed by atoms with Crippen LogP contribution in [0.3, 0.4) is 0 Å². The predicted molar refractivity (Wildman–Crippen MR) is 68.2 cm³/mol. The zero-order valence-corrected chi connectivity index (χ0v) is 10.6. The van der Waals surface area contributed by atoms with Gasteiger partial charge in [-0.25, -0.2) is 9.59 Å². The predicted octanol–water partition coefficient (Wildman–Crippen LogP) is -0.149. The molecule has 1 unspecified atom stereocenters. The summed E-state index contributed by atoms with van der Waals surface area (Å²) < 4.78 is 0. The van der Waals surface area contributed by atoms with Crippen LogP contribution >= 0.6 is 0 Å². The first-order chi connectivity index (χ1) is 9.49. The van der Waals surface area contributed by atoms with E-state index in [1.54, 1.807) is 18.3 Å². The zero-order chi connectivity index (χ0) is 15.0. The molecule has 1 aromatic heterocycles. The van der Waals surface area contributed by atoms with Gasteiger partial charge in [0.2, 0.25) is 0 Å². The first-order valence-corrected chi connectivity index (χ1v) is 5.88. The lowest BCUT2D eigenvalue weighted by Crippen LogP contribution is -2.47. The van der Waals surface area contributed by atoms with Gasteiger partial charge < -0.3 is 20.8 Å². The minimum atomic E-state index is -1.46. The fourth-order valence-corrected chi connectivity index (χ4v) is 1.43. The van der Waals surface area contributed by atoms with Gasteiger partial charge in [-0.3, -0.25) is 9.78 Å². The van der Waals surface area contributed by atoms with Crippen molar-refractivity contribution in [3.63, 3.8) is 0 Å². The minimum absolute atomic E-state index is 0.266. The van der Waals surface area contributed by atoms with Crippen LogP contribution in [-0.2, 0) is 16.0 Å². The number of rotatable bonds is 7. The highest BCUT2D eigenvalue weighted by molar-refractivity contribution is 5.86. The number of carboxylic acid groups (broad SMARTS) is 2. The van der Waals surface area contributed by atoms with Crippen molar-refractivity contribution < 1.29 is 24.6 Å². The molecule has 0 aliphatic rings. The van der Waals surface area contributed by atoms with E-state index < -0.39 is 30.4 Å². The highest BCUT2D eigenvalue weighted by Crippen LogP contribution is 1.94. The second kappa shape index (κ2) is 7.72. The van der Waals surface area contributed by atoms with Gasteiger partial charge in [0.15, 0.2) is 0 Å². The van der Waals surface area contributed by atoms with Gasteiger partial charge in [0, 0.05) is 24.9 Å². The topological polar surface area (TPSA) is 129 Å². The van der Waals surface area contributed by atoms with Gasteiger partial charge in [0.1, 0.15) is 6.04 Å². The van der Waals surface area contributed by atoms with E-state index in [4.69, 9.17) is 10.2 Å². The zero-order valence-electron chi connectivity index (χ0n) is 10.6. The minimum Gasteiger partial charge on any atom is -0.481 e. The molecule has 0 aliphatic heterocycles. The summed E-state index contributed by atoms with van der Waals surface area (Å²) in [6.07, 6.45) is 1.44. The molecule has 0 saturated heterocycles. The molecule has 0 fully saturated rings. The van der Waals surface area contributed by atoms with Gasteiger partial charge >= 0.3 is 18.0 Å². The molecule has 0 aliphatic carbocycles. The molecule has 0 radical (unpaired) electrons.